The summed E-state index contributed by atoms with van der Waals surface area (Å²) in [5.41, 5.74) is 1.55. The molecule has 2 atom stereocenters. The molecule has 8 heteroatoms. The van der Waals surface area contributed by atoms with E-state index in [-0.39, 0.29) is 18.5 Å². The lowest BCUT2D eigenvalue weighted by molar-refractivity contribution is -0.135. The van der Waals surface area contributed by atoms with Crippen molar-refractivity contribution in [3.63, 3.8) is 0 Å². The van der Waals surface area contributed by atoms with E-state index in [0.29, 0.717) is 17.1 Å². The Balaban J connectivity index is 1.49. The molecule has 1 aliphatic heterocycles. The number of hydrogen-bond acceptors (Lipinski definition) is 5. The zero-order valence-corrected chi connectivity index (χ0v) is 18.4. The molecule has 2 aromatic carbocycles. The molecule has 2 aliphatic rings. The van der Waals surface area contributed by atoms with Crippen molar-refractivity contribution in [1.29, 1.82) is 0 Å². The van der Waals surface area contributed by atoms with E-state index in [1.807, 2.05) is 18.2 Å². The third kappa shape index (κ3) is 3.77. The molecule has 1 fully saturated rings. The van der Waals surface area contributed by atoms with E-state index < -0.39 is 17.5 Å². The number of aryl methyl sites for hydroxylation is 1. The molecular weight excluding hydrogens is 410 g/mol. The Morgan fingerprint density at radius 3 is 2.66 bits per heavy atom. The van der Waals surface area contributed by atoms with Crippen LogP contribution in [0.25, 0.3) is 0 Å². The number of nitrogens with one attached hydrogen (secondary N) is 2. The first-order valence-electron chi connectivity index (χ1n) is 10.6. The molecule has 0 saturated carbocycles. The van der Waals surface area contributed by atoms with Crippen molar-refractivity contribution in [1.82, 2.24) is 15.5 Å². The number of nitrogens with zero attached hydrogens (tertiary/aromatic N) is 1. The second kappa shape index (κ2) is 8.53. The van der Waals surface area contributed by atoms with Crippen LogP contribution >= 0.6 is 0 Å². The van der Waals surface area contributed by atoms with Crippen molar-refractivity contribution in [2.45, 2.75) is 37.8 Å². The molecule has 1 saturated heterocycles. The highest BCUT2D eigenvalue weighted by molar-refractivity contribution is 6.09. The molecule has 0 aromatic heterocycles. The van der Waals surface area contributed by atoms with Gasteiger partial charge in [-0.15, -0.1) is 0 Å². The van der Waals surface area contributed by atoms with E-state index in [9.17, 15) is 14.4 Å². The maximum absolute atomic E-state index is 13.2. The van der Waals surface area contributed by atoms with Crippen LogP contribution in [0.1, 0.15) is 42.5 Å². The van der Waals surface area contributed by atoms with E-state index >= 15 is 0 Å². The molecule has 0 bridgehead atoms. The first-order chi connectivity index (χ1) is 15.4. The molecular formula is C24H27N3O5. The van der Waals surface area contributed by atoms with Crippen LogP contribution in [0.15, 0.2) is 42.5 Å². The van der Waals surface area contributed by atoms with Gasteiger partial charge in [-0.25, -0.2) is 4.79 Å². The average Bonchev–Trinajstić information content (AvgIpc) is 3.02. The van der Waals surface area contributed by atoms with Crippen molar-refractivity contribution in [3.8, 4) is 11.5 Å². The summed E-state index contributed by atoms with van der Waals surface area (Å²) in [5, 5.41) is 5.72. The Kier molecular flexibility index (Phi) is 5.78. The second-order valence-electron chi connectivity index (χ2n) is 8.23. The summed E-state index contributed by atoms with van der Waals surface area (Å²) in [7, 11) is 3.02. The minimum Gasteiger partial charge on any atom is -0.493 e. The van der Waals surface area contributed by atoms with Gasteiger partial charge in [0, 0.05) is 0 Å². The van der Waals surface area contributed by atoms with Gasteiger partial charge in [0.2, 0.25) is 5.91 Å². The molecule has 8 nitrogen and oxygen atoms in total. The Morgan fingerprint density at radius 1 is 1.16 bits per heavy atom. The first-order valence-corrected chi connectivity index (χ1v) is 10.6. The number of imide groups is 1. The maximum atomic E-state index is 13.2. The minimum absolute atomic E-state index is 0.120. The molecule has 4 amide bonds. The Morgan fingerprint density at radius 2 is 1.91 bits per heavy atom. The van der Waals surface area contributed by atoms with Gasteiger partial charge >= 0.3 is 6.03 Å². The maximum Gasteiger partial charge on any atom is 0.325 e. The first kappa shape index (κ1) is 21.7. The molecule has 0 unspecified atom stereocenters. The van der Waals surface area contributed by atoms with Crippen LogP contribution in [0.3, 0.4) is 0 Å². The molecule has 4 rings (SSSR count). The zero-order valence-electron chi connectivity index (χ0n) is 18.4. The van der Waals surface area contributed by atoms with Crippen molar-refractivity contribution in [2.24, 2.45) is 0 Å². The SMILES string of the molecule is COc1ccc([C@]2(C)NC(=O)N(CC(=O)N[C@@H]3CCCc4ccccc43)C2=O)cc1OC. The van der Waals surface area contributed by atoms with Crippen LogP contribution in [0, 0.1) is 0 Å². The fourth-order valence-electron chi connectivity index (χ4n) is 4.47. The summed E-state index contributed by atoms with van der Waals surface area (Å²) in [6, 6.07) is 12.3. The molecule has 168 valence electrons. The molecule has 2 N–H and O–H groups in total. The predicted molar refractivity (Wildman–Crippen MR) is 117 cm³/mol. The van der Waals surface area contributed by atoms with Gasteiger partial charge in [-0.05, 0) is 55.0 Å². The van der Waals surface area contributed by atoms with Gasteiger partial charge in [0.25, 0.3) is 5.91 Å². The van der Waals surface area contributed by atoms with Crippen molar-refractivity contribution in [3.05, 3.63) is 59.2 Å². The minimum atomic E-state index is -1.31. The van der Waals surface area contributed by atoms with Gasteiger partial charge in [0.1, 0.15) is 12.1 Å². The topological polar surface area (TPSA) is 97.0 Å². The third-order valence-electron chi connectivity index (χ3n) is 6.24. The molecule has 0 spiro atoms. The molecule has 0 radical (unpaired) electrons. The number of fused-ring (bicyclic) bond motifs is 1. The predicted octanol–water partition coefficient (Wildman–Crippen LogP) is 2.66. The largest absolute Gasteiger partial charge is 0.493 e. The Labute approximate surface area is 186 Å². The fraction of sp³-hybridized carbons (Fsp3) is 0.375. The summed E-state index contributed by atoms with van der Waals surface area (Å²) in [5.74, 6) is 0.0988. The second-order valence-corrected chi connectivity index (χ2v) is 8.23. The highest BCUT2D eigenvalue weighted by atomic mass is 16.5. The van der Waals surface area contributed by atoms with Gasteiger partial charge < -0.3 is 20.1 Å². The number of urea groups is 1. The number of amides is 4. The van der Waals surface area contributed by atoms with E-state index in [2.05, 4.69) is 16.7 Å². The van der Waals surface area contributed by atoms with Crippen LogP contribution < -0.4 is 20.1 Å². The molecule has 1 aliphatic carbocycles. The van der Waals surface area contributed by atoms with Gasteiger partial charge in [-0.2, -0.15) is 0 Å². The number of benzene rings is 2. The van der Waals surface area contributed by atoms with Crippen molar-refractivity contribution >= 4 is 17.8 Å². The Bertz CT molecular complexity index is 1070. The summed E-state index contributed by atoms with van der Waals surface area (Å²) < 4.78 is 10.6. The monoisotopic (exact) mass is 437 g/mol. The van der Waals surface area contributed by atoms with Gasteiger partial charge in [0.05, 0.1) is 20.3 Å². The molecule has 2 aromatic rings. The van der Waals surface area contributed by atoms with Gasteiger partial charge in [-0.3, -0.25) is 14.5 Å². The normalized spacial score (nSPS) is 22.2. The van der Waals surface area contributed by atoms with E-state index in [1.165, 1.54) is 19.8 Å². The van der Waals surface area contributed by atoms with Gasteiger partial charge in [-0.1, -0.05) is 30.3 Å². The van der Waals surface area contributed by atoms with Crippen LogP contribution in [0.5, 0.6) is 11.5 Å². The van der Waals surface area contributed by atoms with Crippen LogP contribution in [0.4, 0.5) is 4.79 Å². The highest BCUT2D eigenvalue weighted by Crippen LogP contribution is 2.35. The smallest absolute Gasteiger partial charge is 0.325 e. The standard InChI is InChI=1S/C24H27N3O5/c1-24(16-11-12-19(31-2)20(13-16)32-3)22(29)27(23(30)26-24)14-21(28)25-18-10-6-8-15-7-4-5-9-17(15)18/h4-5,7,9,11-13,18H,6,8,10,14H2,1-3H3,(H,25,28)(H,26,30)/t18-,24+/m1/s1. The van der Waals surface area contributed by atoms with Crippen LogP contribution in [0.2, 0.25) is 0 Å². The lowest BCUT2D eigenvalue weighted by atomic mass is 9.88. The number of methoxy groups -OCH3 is 2. The third-order valence-corrected chi connectivity index (χ3v) is 6.24. The van der Waals surface area contributed by atoms with Crippen LogP contribution in [-0.2, 0) is 21.5 Å². The van der Waals surface area contributed by atoms with E-state index in [0.717, 1.165) is 29.7 Å². The zero-order chi connectivity index (χ0) is 22.9. The van der Waals surface area contributed by atoms with Crippen molar-refractivity contribution < 1.29 is 23.9 Å². The quantitative estimate of drug-likeness (QED) is 0.678. The van der Waals surface area contributed by atoms with E-state index in [4.69, 9.17) is 9.47 Å². The molecule has 32 heavy (non-hydrogen) atoms. The Hall–Kier alpha value is -3.55. The van der Waals surface area contributed by atoms with E-state index in [1.54, 1.807) is 25.1 Å². The lowest BCUT2D eigenvalue weighted by Gasteiger charge is -2.27. The summed E-state index contributed by atoms with van der Waals surface area (Å²) in [6.45, 7) is 1.27. The number of carbonyl (C=O) groups excluding carboxylic acids is 3. The summed E-state index contributed by atoms with van der Waals surface area (Å²) >= 11 is 0. The lowest BCUT2D eigenvalue weighted by Crippen LogP contribution is -2.44. The average molecular weight is 437 g/mol. The van der Waals surface area contributed by atoms with Gasteiger partial charge in [0.15, 0.2) is 11.5 Å². The summed E-state index contributed by atoms with van der Waals surface area (Å²) in [4.78, 5) is 39.6. The fourth-order valence-corrected chi connectivity index (χ4v) is 4.47. The number of ether oxygens (including phenoxy) is 2. The van der Waals surface area contributed by atoms with Crippen LogP contribution in [-0.4, -0.2) is 43.5 Å². The highest BCUT2D eigenvalue weighted by Gasteiger charge is 2.49. The number of rotatable bonds is 6. The number of carbonyl (C=O) groups is 3. The van der Waals surface area contributed by atoms with Crippen molar-refractivity contribution in [2.75, 3.05) is 20.8 Å². The molecule has 1 heterocycles. The number of hydrogen-bond donors (Lipinski definition) is 2. The summed E-state index contributed by atoms with van der Waals surface area (Å²) in [6.07, 6.45) is 2.79.